The summed E-state index contributed by atoms with van der Waals surface area (Å²) in [5.41, 5.74) is 1.19. The highest BCUT2D eigenvalue weighted by atomic mass is 32.2. The second kappa shape index (κ2) is 17.3. The van der Waals surface area contributed by atoms with Gasteiger partial charge in [0.15, 0.2) is 15.6 Å². The van der Waals surface area contributed by atoms with Crippen LogP contribution in [0.25, 0.3) is 0 Å². The van der Waals surface area contributed by atoms with Gasteiger partial charge in [-0.05, 0) is 82.6 Å². The van der Waals surface area contributed by atoms with Gasteiger partial charge in [0.2, 0.25) is 0 Å². The van der Waals surface area contributed by atoms with Gasteiger partial charge < -0.3 is 9.64 Å². The van der Waals surface area contributed by atoms with Gasteiger partial charge in [-0.1, -0.05) is 48.6 Å². The van der Waals surface area contributed by atoms with Crippen molar-refractivity contribution in [2.24, 2.45) is 0 Å². The summed E-state index contributed by atoms with van der Waals surface area (Å²) in [6.45, 7) is 5.81. The SMILES string of the molecule is C=C(CS(=O)(=O)c1ccc(C)cc1)C(=O)c1ccc(C(=O)N(CCCCC(=O)OC2CC/C=C/CCC2)CCCS(=O)(=O)O)cc1. The number of ether oxygens (including phenoxy) is 1. The number of sulfone groups is 1. The molecule has 2 aromatic rings. The Morgan fingerprint density at radius 2 is 1.50 bits per heavy atom. The van der Waals surface area contributed by atoms with E-state index in [1.54, 1.807) is 12.1 Å². The first kappa shape index (κ1) is 36.9. The molecule has 1 aliphatic carbocycles. The maximum absolute atomic E-state index is 13.4. The van der Waals surface area contributed by atoms with Crippen LogP contribution in [-0.4, -0.2) is 74.6 Å². The van der Waals surface area contributed by atoms with Gasteiger partial charge in [0.1, 0.15) is 6.10 Å². The summed E-state index contributed by atoms with van der Waals surface area (Å²) in [6, 6.07) is 12.0. The molecule has 3 rings (SSSR count). The number of hydrogen-bond acceptors (Lipinski definition) is 8. The Kier molecular flexibility index (Phi) is 13.9. The molecule has 0 fully saturated rings. The normalized spacial score (nSPS) is 16.1. The summed E-state index contributed by atoms with van der Waals surface area (Å²) in [5, 5.41) is 0. The van der Waals surface area contributed by atoms with Crippen molar-refractivity contribution < 1.29 is 40.5 Å². The molecule has 1 amide bonds. The number of nitrogens with zero attached hydrogens (tertiary/aromatic N) is 1. The van der Waals surface area contributed by atoms with E-state index < -0.39 is 43.2 Å². The molecule has 10 nitrogen and oxygen atoms in total. The van der Waals surface area contributed by atoms with Crippen molar-refractivity contribution in [3.63, 3.8) is 0 Å². The average Bonchev–Trinajstić information content (AvgIpc) is 2.98. The first-order valence-corrected chi connectivity index (χ1v) is 18.7. The molecule has 0 aliphatic heterocycles. The van der Waals surface area contributed by atoms with E-state index in [1.165, 1.54) is 41.3 Å². The predicted molar refractivity (Wildman–Crippen MR) is 176 cm³/mol. The Balaban J connectivity index is 1.59. The third-order valence-electron chi connectivity index (χ3n) is 7.65. The molecule has 0 radical (unpaired) electrons. The fraction of sp³-hybridized carbons (Fsp3) is 0.441. The minimum Gasteiger partial charge on any atom is -0.462 e. The standard InChI is InChI=1S/C34H43NO9S2/c1-26-14-20-31(21-15-26)45(39,40)25-27(2)33(37)28-16-18-29(19-17-28)34(38)35(23-10-24-46(41,42)43)22-9-8-13-32(36)44-30-11-6-4-3-5-7-12-30/h3-4,14-21,30H,2,5-13,22-25H2,1H3,(H,41,42,43)/b4-3+. The molecule has 0 aromatic heterocycles. The van der Waals surface area contributed by atoms with E-state index in [2.05, 4.69) is 18.7 Å². The summed E-state index contributed by atoms with van der Waals surface area (Å²) in [7, 11) is -8.00. The van der Waals surface area contributed by atoms with Crippen LogP contribution >= 0.6 is 0 Å². The lowest BCUT2D eigenvalue weighted by Crippen LogP contribution is -2.34. The second-order valence-electron chi connectivity index (χ2n) is 11.6. The van der Waals surface area contributed by atoms with Crippen molar-refractivity contribution in [3.8, 4) is 0 Å². The molecule has 1 aliphatic rings. The molecule has 0 spiro atoms. The smallest absolute Gasteiger partial charge is 0.306 e. The predicted octanol–water partition coefficient (Wildman–Crippen LogP) is 5.53. The number of carbonyl (C=O) groups is 3. The lowest BCUT2D eigenvalue weighted by atomic mass is 10.0. The van der Waals surface area contributed by atoms with Crippen molar-refractivity contribution in [2.75, 3.05) is 24.6 Å². The molecule has 1 atom stereocenters. The van der Waals surface area contributed by atoms with Gasteiger partial charge in [0.25, 0.3) is 16.0 Å². The quantitative estimate of drug-likeness (QED) is 0.0605. The van der Waals surface area contributed by atoms with Crippen LogP contribution in [0.15, 0.2) is 77.7 Å². The Bertz CT molecular complexity index is 1610. The maximum atomic E-state index is 13.4. The highest BCUT2D eigenvalue weighted by molar-refractivity contribution is 7.91. The van der Waals surface area contributed by atoms with E-state index in [0.29, 0.717) is 12.8 Å². The molecular formula is C34H43NO9S2. The summed E-state index contributed by atoms with van der Waals surface area (Å²) in [6.07, 6.45) is 9.73. The minimum absolute atomic E-state index is 0.00852. The largest absolute Gasteiger partial charge is 0.462 e. The van der Waals surface area contributed by atoms with Crippen LogP contribution < -0.4 is 0 Å². The van der Waals surface area contributed by atoms with Gasteiger partial charge in [-0.2, -0.15) is 8.42 Å². The minimum atomic E-state index is -4.21. The Hall–Kier alpha value is -3.61. The van der Waals surface area contributed by atoms with E-state index in [1.807, 2.05) is 6.92 Å². The molecular weight excluding hydrogens is 631 g/mol. The van der Waals surface area contributed by atoms with Gasteiger partial charge in [-0.15, -0.1) is 0 Å². The van der Waals surface area contributed by atoms with Crippen LogP contribution in [-0.2, 0) is 29.5 Å². The fourth-order valence-corrected chi connectivity index (χ4v) is 6.89. The topological polar surface area (TPSA) is 152 Å². The van der Waals surface area contributed by atoms with Crippen molar-refractivity contribution in [3.05, 3.63) is 89.5 Å². The summed E-state index contributed by atoms with van der Waals surface area (Å²) >= 11 is 0. The molecule has 1 N–H and O–H groups in total. The molecule has 0 saturated heterocycles. The lowest BCUT2D eigenvalue weighted by Gasteiger charge is -2.23. The molecule has 46 heavy (non-hydrogen) atoms. The lowest BCUT2D eigenvalue weighted by molar-refractivity contribution is -0.149. The summed E-state index contributed by atoms with van der Waals surface area (Å²) < 4.78 is 62.8. The molecule has 12 heteroatoms. The first-order chi connectivity index (χ1) is 21.7. The number of hydrogen-bond donors (Lipinski definition) is 1. The number of carbonyl (C=O) groups excluding carboxylic acids is 3. The maximum Gasteiger partial charge on any atom is 0.306 e. The van der Waals surface area contributed by atoms with Gasteiger partial charge in [-0.3, -0.25) is 18.9 Å². The van der Waals surface area contributed by atoms with Crippen LogP contribution in [0, 0.1) is 6.92 Å². The molecule has 2 aromatic carbocycles. The van der Waals surface area contributed by atoms with E-state index in [9.17, 15) is 31.2 Å². The average molecular weight is 674 g/mol. The number of benzene rings is 2. The van der Waals surface area contributed by atoms with Crippen molar-refractivity contribution in [1.29, 1.82) is 0 Å². The first-order valence-electron chi connectivity index (χ1n) is 15.5. The number of esters is 1. The summed E-state index contributed by atoms with van der Waals surface area (Å²) in [4.78, 5) is 40.3. The zero-order valence-corrected chi connectivity index (χ0v) is 27.9. The number of Topliss-reactive ketones (excluding diaryl/α,β-unsaturated/α-hetero) is 1. The highest BCUT2D eigenvalue weighted by Gasteiger charge is 2.22. The molecule has 0 bridgehead atoms. The number of aryl methyl sites for hydroxylation is 1. The van der Waals surface area contributed by atoms with Crippen LogP contribution in [0.2, 0.25) is 0 Å². The molecule has 0 heterocycles. The fourth-order valence-electron chi connectivity index (χ4n) is 5.09. The van der Waals surface area contributed by atoms with Crippen molar-refractivity contribution in [1.82, 2.24) is 4.90 Å². The van der Waals surface area contributed by atoms with Crippen LogP contribution in [0.1, 0.15) is 84.1 Å². The third-order valence-corrected chi connectivity index (χ3v) is 10.2. The van der Waals surface area contributed by atoms with E-state index in [-0.39, 0.29) is 59.6 Å². The molecule has 1 unspecified atom stereocenters. The van der Waals surface area contributed by atoms with Crippen LogP contribution in [0.5, 0.6) is 0 Å². The number of unbranched alkanes of at least 4 members (excludes halogenated alkanes) is 1. The van der Waals surface area contributed by atoms with E-state index >= 15 is 0 Å². The third kappa shape index (κ3) is 12.3. The Morgan fingerprint density at radius 3 is 2.17 bits per heavy atom. The highest BCUT2D eigenvalue weighted by Crippen LogP contribution is 2.19. The molecule has 250 valence electrons. The number of rotatable bonds is 16. The second-order valence-corrected chi connectivity index (χ2v) is 15.1. The number of ketones is 1. The van der Waals surface area contributed by atoms with Crippen LogP contribution in [0.3, 0.4) is 0 Å². The molecule has 0 saturated carbocycles. The Morgan fingerprint density at radius 1 is 0.870 bits per heavy atom. The van der Waals surface area contributed by atoms with E-state index in [0.717, 1.165) is 37.7 Å². The van der Waals surface area contributed by atoms with Crippen LogP contribution in [0.4, 0.5) is 0 Å². The van der Waals surface area contributed by atoms with Gasteiger partial charge in [0.05, 0.1) is 16.4 Å². The summed E-state index contributed by atoms with van der Waals surface area (Å²) in [5.74, 6) is -2.33. The van der Waals surface area contributed by atoms with E-state index in [4.69, 9.17) is 9.29 Å². The van der Waals surface area contributed by atoms with Crippen molar-refractivity contribution >= 4 is 37.6 Å². The number of allylic oxidation sites excluding steroid dienone is 2. The monoisotopic (exact) mass is 673 g/mol. The van der Waals surface area contributed by atoms with Gasteiger partial charge in [0, 0.05) is 36.2 Å². The zero-order chi connectivity index (χ0) is 33.7. The van der Waals surface area contributed by atoms with Gasteiger partial charge in [-0.25, -0.2) is 8.42 Å². The van der Waals surface area contributed by atoms with Crippen molar-refractivity contribution in [2.45, 2.75) is 75.7 Å². The zero-order valence-electron chi connectivity index (χ0n) is 26.2. The Labute approximate surface area is 272 Å². The van der Waals surface area contributed by atoms with Gasteiger partial charge >= 0.3 is 5.97 Å². The number of amides is 1.